The highest BCUT2D eigenvalue weighted by atomic mass is 16.5. The molecule has 1 amide bonds. The molecule has 6 heteroatoms. The molecule has 0 bridgehead atoms. The Morgan fingerprint density at radius 1 is 1.21 bits per heavy atom. The molecule has 1 aromatic rings. The molecule has 0 saturated heterocycles. The lowest BCUT2D eigenvalue weighted by Crippen LogP contribution is -2.38. The van der Waals surface area contributed by atoms with Gasteiger partial charge in [-0.05, 0) is 31.0 Å². The predicted octanol–water partition coefficient (Wildman–Crippen LogP) is 2.01. The van der Waals surface area contributed by atoms with Crippen LogP contribution in [0.3, 0.4) is 0 Å². The molecule has 0 aliphatic rings. The fourth-order valence-electron chi connectivity index (χ4n) is 2.17. The fourth-order valence-corrected chi connectivity index (χ4v) is 2.17. The first-order valence-corrected chi connectivity index (χ1v) is 8.49. The first-order valence-electron chi connectivity index (χ1n) is 8.49. The molecule has 0 aromatic heterocycles. The van der Waals surface area contributed by atoms with Crippen LogP contribution in [0.25, 0.3) is 0 Å². The molecule has 0 aliphatic carbocycles. The molecule has 0 unspecified atom stereocenters. The van der Waals surface area contributed by atoms with Crippen molar-refractivity contribution in [2.24, 2.45) is 4.99 Å². The highest BCUT2D eigenvalue weighted by molar-refractivity contribution is 5.80. The number of guanidine groups is 1. The molecule has 0 saturated carbocycles. The zero-order valence-electron chi connectivity index (χ0n) is 15.3. The number of hydrogen-bond acceptors (Lipinski definition) is 3. The minimum Gasteiger partial charge on any atom is -0.497 e. The van der Waals surface area contributed by atoms with Crippen LogP contribution in [0.5, 0.6) is 5.75 Å². The van der Waals surface area contributed by atoms with Crippen LogP contribution in [-0.2, 0) is 11.3 Å². The Hall–Kier alpha value is -2.24. The average molecular weight is 334 g/mol. The van der Waals surface area contributed by atoms with Gasteiger partial charge in [-0.15, -0.1) is 0 Å². The Bertz CT molecular complexity index is 514. The van der Waals surface area contributed by atoms with Gasteiger partial charge in [0.25, 0.3) is 0 Å². The second-order valence-corrected chi connectivity index (χ2v) is 5.54. The Morgan fingerprint density at radius 3 is 2.50 bits per heavy atom. The van der Waals surface area contributed by atoms with Crippen LogP contribution in [0, 0.1) is 0 Å². The number of nitrogens with zero attached hydrogens (tertiary/aromatic N) is 2. The number of carbonyl (C=O) groups excluding carboxylic acids is 1. The van der Waals surface area contributed by atoms with E-state index < -0.39 is 0 Å². The molecule has 24 heavy (non-hydrogen) atoms. The normalized spacial score (nSPS) is 11.1. The Kier molecular flexibility index (Phi) is 9.34. The van der Waals surface area contributed by atoms with Crippen LogP contribution >= 0.6 is 0 Å². The molecule has 134 valence electrons. The molecule has 1 aromatic carbocycles. The molecule has 1 rings (SSSR count). The number of rotatable bonds is 9. The van der Waals surface area contributed by atoms with E-state index in [2.05, 4.69) is 20.5 Å². The summed E-state index contributed by atoms with van der Waals surface area (Å²) in [6, 6.07) is 7.98. The van der Waals surface area contributed by atoms with E-state index >= 15 is 0 Å². The van der Waals surface area contributed by atoms with E-state index in [-0.39, 0.29) is 5.91 Å². The van der Waals surface area contributed by atoms with Crippen LogP contribution in [0.4, 0.5) is 0 Å². The summed E-state index contributed by atoms with van der Waals surface area (Å²) in [7, 11) is 3.65. The van der Waals surface area contributed by atoms with E-state index in [1.165, 1.54) is 5.56 Å². The second-order valence-electron chi connectivity index (χ2n) is 5.54. The van der Waals surface area contributed by atoms with E-state index in [0.717, 1.165) is 37.8 Å². The monoisotopic (exact) mass is 334 g/mol. The summed E-state index contributed by atoms with van der Waals surface area (Å²) in [4.78, 5) is 18.2. The number of ether oxygens (including phenoxy) is 1. The van der Waals surface area contributed by atoms with E-state index in [4.69, 9.17) is 4.74 Å². The van der Waals surface area contributed by atoms with Gasteiger partial charge in [-0.25, -0.2) is 0 Å². The van der Waals surface area contributed by atoms with Crippen molar-refractivity contribution in [2.75, 3.05) is 33.8 Å². The number of methoxy groups -OCH3 is 1. The van der Waals surface area contributed by atoms with E-state index in [1.807, 2.05) is 45.2 Å². The number of carbonyl (C=O) groups is 1. The minimum absolute atomic E-state index is 0.0502. The van der Waals surface area contributed by atoms with Crippen LogP contribution in [-0.4, -0.2) is 50.6 Å². The van der Waals surface area contributed by atoms with Gasteiger partial charge in [0.1, 0.15) is 5.75 Å². The summed E-state index contributed by atoms with van der Waals surface area (Å²) in [6.45, 7) is 6.79. The number of nitrogens with one attached hydrogen (secondary N) is 2. The molecule has 0 atom stereocenters. The molecule has 0 fully saturated rings. The van der Waals surface area contributed by atoms with Crippen LogP contribution in [0.15, 0.2) is 29.3 Å². The highest BCUT2D eigenvalue weighted by Crippen LogP contribution is 2.12. The van der Waals surface area contributed by atoms with Crippen LogP contribution in [0.1, 0.15) is 32.3 Å². The van der Waals surface area contributed by atoms with Crippen LogP contribution < -0.4 is 15.4 Å². The van der Waals surface area contributed by atoms with Crippen molar-refractivity contribution >= 4 is 11.9 Å². The van der Waals surface area contributed by atoms with E-state index in [1.54, 1.807) is 7.11 Å². The Balaban J connectivity index is 2.57. The third-order valence-corrected chi connectivity index (χ3v) is 3.45. The number of benzene rings is 1. The van der Waals surface area contributed by atoms with Gasteiger partial charge in [0.15, 0.2) is 5.96 Å². The summed E-state index contributed by atoms with van der Waals surface area (Å²) >= 11 is 0. The molecular formula is C18H30N4O2. The maximum atomic E-state index is 11.6. The molecule has 0 aliphatic heterocycles. The first-order chi connectivity index (χ1) is 11.6. The van der Waals surface area contributed by atoms with Crippen molar-refractivity contribution in [1.82, 2.24) is 15.5 Å². The number of amides is 1. The zero-order chi connectivity index (χ0) is 17.8. The number of aliphatic imine (C=N–C) groups is 1. The quantitative estimate of drug-likeness (QED) is 0.535. The standard InChI is InChI=1S/C18H30N4O2/c1-5-12-20-17(23)11-13-21-18(19-6-2)22(3)14-15-7-9-16(24-4)10-8-15/h7-10H,5-6,11-14H2,1-4H3,(H,19,21)(H,20,23). The molecule has 0 heterocycles. The maximum Gasteiger partial charge on any atom is 0.221 e. The smallest absolute Gasteiger partial charge is 0.221 e. The summed E-state index contributed by atoms with van der Waals surface area (Å²) in [5.41, 5.74) is 1.17. The Morgan fingerprint density at radius 2 is 1.92 bits per heavy atom. The summed E-state index contributed by atoms with van der Waals surface area (Å²) in [5, 5.41) is 6.13. The molecule has 0 radical (unpaired) electrons. The molecule has 2 N–H and O–H groups in total. The minimum atomic E-state index is 0.0502. The molecule has 0 spiro atoms. The van der Waals surface area contributed by atoms with Crippen LogP contribution in [0.2, 0.25) is 0 Å². The van der Waals surface area contributed by atoms with Crippen molar-refractivity contribution < 1.29 is 9.53 Å². The van der Waals surface area contributed by atoms with Crippen molar-refractivity contribution in [2.45, 2.75) is 33.2 Å². The lowest BCUT2D eigenvalue weighted by atomic mass is 10.2. The molecule has 6 nitrogen and oxygen atoms in total. The predicted molar refractivity (Wildman–Crippen MR) is 98.4 cm³/mol. The van der Waals surface area contributed by atoms with Gasteiger partial charge in [-0.1, -0.05) is 19.1 Å². The van der Waals surface area contributed by atoms with E-state index in [9.17, 15) is 4.79 Å². The largest absolute Gasteiger partial charge is 0.497 e. The summed E-state index contributed by atoms with van der Waals surface area (Å²) in [6.07, 6.45) is 1.35. The average Bonchev–Trinajstić information content (AvgIpc) is 2.59. The fraction of sp³-hybridized carbons (Fsp3) is 0.556. The lowest BCUT2D eigenvalue weighted by Gasteiger charge is -2.22. The maximum absolute atomic E-state index is 11.6. The van der Waals surface area contributed by atoms with Crippen molar-refractivity contribution in [3.63, 3.8) is 0 Å². The summed E-state index contributed by atoms with van der Waals surface area (Å²) < 4.78 is 5.18. The van der Waals surface area contributed by atoms with Gasteiger partial charge in [0, 0.05) is 33.1 Å². The zero-order valence-corrected chi connectivity index (χ0v) is 15.3. The highest BCUT2D eigenvalue weighted by Gasteiger charge is 2.07. The van der Waals surface area contributed by atoms with Crippen molar-refractivity contribution in [1.29, 1.82) is 0 Å². The van der Waals surface area contributed by atoms with E-state index in [0.29, 0.717) is 13.0 Å². The lowest BCUT2D eigenvalue weighted by molar-refractivity contribution is -0.120. The van der Waals surface area contributed by atoms with Crippen molar-refractivity contribution in [3.05, 3.63) is 29.8 Å². The third-order valence-electron chi connectivity index (χ3n) is 3.45. The number of hydrogen-bond donors (Lipinski definition) is 2. The van der Waals surface area contributed by atoms with Gasteiger partial charge in [0.2, 0.25) is 5.91 Å². The van der Waals surface area contributed by atoms with Gasteiger partial charge in [-0.2, -0.15) is 0 Å². The van der Waals surface area contributed by atoms with Crippen molar-refractivity contribution in [3.8, 4) is 5.75 Å². The SMILES string of the molecule is CCCNC(=O)CCN=C(NCC)N(C)Cc1ccc(OC)cc1. The van der Waals surface area contributed by atoms with Gasteiger partial charge >= 0.3 is 0 Å². The molecular weight excluding hydrogens is 304 g/mol. The Labute approximate surface area is 145 Å². The topological polar surface area (TPSA) is 66.0 Å². The van der Waals surface area contributed by atoms with Gasteiger partial charge in [-0.3, -0.25) is 9.79 Å². The second kappa shape index (κ2) is 11.3. The summed E-state index contributed by atoms with van der Waals surface area (Å²) in [5.74, 6) is 1.70. The van der Waals surface area contributed by atoms with Gasteiger partial charge in [0.05, 0.1) is 13.7 Å². The first kappa shape index (κ1) is 19.8. The van der Waals surface area contributed by atoms with Gasteiger partial charge < -0.3 is 20.3 Å². The third kappa shape index (κ3) is 7.35.